The largest absolute Gasteiger partial charge is 0.455 e. The molecule has 5 nitrogen and oxygen atoms in total. The number of nitrogens with zero attached hydrogens (tertiary/aromatic N) is 2. The van der Waals surface area contributed by atoms with Crippen molar-refractivity contribution >= 4 is 11.6 Å². The van der Waals surface area contributed by atoms with Crippen LogP contribution in [0.3, 0.4) is 0 Å². The summed E-state index contributed by atoms with van der Waals surface area (Å²) in [7, 11) is 0. The minimum Gasteiger partial charge on any atom is -0.455 e. The highest BCUT2D eigenvalue weighted by molar-refractivity contribution is 6.06. The first kappa shape index (κ1) is 15.1. The van der Waals surface area contributed by atoms with E-state index in [-0.39, 0.29) is 11.3 Å². The summed E-state index contributed by atoms with van der Waals surface area (Å²) in [6.07, 6.45) is 4.75. The minimum atomic E-state index is -0.0262. The Morgan fingerprint density at radius 2 is 1.91 bits per heavy atom. The van der Waals surface area contributed by atoms with Crippen molar-refractivity contribution in [1.82, 2.24) is 4.90 Å². The Kier molecular flexibility index (Phi) is 3.75. The van der Waals surface area contributed by atoms with E-state index in [0.29, 0.717) is 17.9 Å². The topological polar surface area (TPSA) is 66.0 Å². The molecule has 22 heavy (non-hydrogen) atoms. The zero-order chi connectivity index (χ0) is 15.9. The smallest absolute Gasteiger partial charge is 0.289 e. The molecule has 2 aliphatic rings. The molecular weight excluding hydrogens is 280 g/mol. The zero-order valence-electron chi connectivity index (χ0n) is 13.6. The first-order chi connectivity index (χ1) is 10.4. The quantitative estimate of drug-likeness (QED) is 0.639. The molecule has 0 spiro atoms. The lowest BCUT2D eigenvalue weighted by atomic mass is 9.75. The maximum atomic E-state index is 12.7. The van der Waals surface area contributed by atoms with Gasteiger partial charge in [-0.05, 0) is 38.0 Å². The molecule has 0 aromatic carbocycles. The van der Waals surface area contributed by atoms with Crippen LogP contribution in [-0.4, -0.2) is 34.8 Å². The Bertz CT molecular complexity index is 622. The molecule has 1 N–H and O–H groups in total. The summed E-state index contributed by atoms with van der Waals surface area (Å²) >= 11 is 0. The van der Waals surface area contributed by atoms with Crippen LogP contribution in [0.25, 0.3) is 0 Å². The van der Waals surface area contributed by atoms with Gasteiger partial charge in [0.25, 0.3) is 5.91 Å². The molecule has 1 aliphatic heterocycles. The van der Waals surface area contributed by atoms with E-state index in [1.54, 1.807) is 0 Å². The van der Waals surface area contributed by atoms with E-state index in [1.807, 2.05) is 11.8 Å². The van der Waals surface area contributed by atoms with Crippen molar-refractivity contribution in [2.45, 2.75) is 52.9 Å². The van der Waals surface area contributed by atoms with Gasteiger partial charge in [-0.3, -0.25) is 4.79 Å². The lowest BCUT2D eigenvalue weighted by Gasteiger charge is -2.28. The van der Waals surface area contributed by atoms with Gasteiger partial charge in [0.15, 0.2) is 5.76 Å². The molecule has 5 heteroatoms. The van der Waals surface area contributed by atoms with Gasteiger partial charge in [0.05, 0.1) is 5.71 Å². The molecule has 1 aliphatic carbocycles. The second-order valence-electron chi connectivity index (χ2n) is 7.27. The van der Waals surface area contributed by atoms with Gasteiger partial charge < -0.3 is 14.5 Å². The number of fused-ring (bicyclic) bond motifs is 1. The third-order valence-corrected chi connectivity index (χ3v) is 4.75. The number of oxime groups is 1. The molecule has 120 valence electrons. The van der Waals surface area contributed by atoms with Crippen LogP contribution in [0, 0.1) is 12.3 Å². The minimum absolute atomic E-state index is 0.0235. The molecule has 1 aromatic heterocycles. The fraction of sp³-hybridized carbons (Fsp3) is 0.647. The van der Waals surface area contributed by atoms with Gasteiger partial charge in [0.1, 0.15) is 5.76 Å². The number of piperidine rings is 1. The molecule has 0 atom stereocenters. The molecule has 0 radical (unpaired) electrons. The van der Waals surface area contributed by atoms with Crippen LogP contribution in [-0.2, 0) is 6.42 Å². The molecule has 0 unspecified atom stereocenters. The highest BCUT2D eigenvalue weighted by Crippen LogP contribution is 2.39. The average molecular weight is 304 g/mol. The molecule has 0 saturated carbocycles. The Hall–Kier alpha value is -1.78. The summed E-state index contributed by atoms with van der Waals surface area (Å²) in [5, 5.41) is 12.8. The summed E-state index contributed by atoms with van der Waals surface area (Å²) in [6.45, 7) is 7.73. The van der Waals surface area contributed by atoms with Crippen LogP contribution in [0.1, 0.15) is 67.0 Å². The molecule has 1 amide bonds. The standard InChI is InChI=1S/C17H24N2O3/c1-11-14-12(18-21)9-17(2,3)10-13(14)22-15(11)16(20)19-7-5-4-6-8-19/h21H,4-10H2,1-3H3/b18-12-. The van der Waals surface area contributed by atoms with Gasteiger partial charge >= 0.3 is 0 Å². The number of likely N-dealkylation sites (tertiary alicyclic amines) is 1. The van der Waals surface area contributed by atoms with Crippen molar-refractivity contribution in [3.05, 3.63) is 22.6 Å². The van der Waals surface area contributed by atoms with E-state index in [1.165, 1.54) is 6.42 Å². The van der Waals surface area contributed by atoms with Crippen molar-refractivity contribution in [3.63, 3.8) is 0 Å². The fourth-order valence-corrected chi connectivity index (χ4v) is 3.64. The van der Waals surface area contributed by atoms with Crippen molar-refractivity contribution < 1.29 is 14.4 Å². The monoisotopic (exact) mass is 304 g/mol. The number of amides is 1. The van der Waals surface area contributed by atoms with Crippen LogP contribution < -0.4 is 0 Å². The van der Waals surface area contributed by atoms with Crippen molar-refractivity contribution in [2.24, 2.45) is 10.6 Å². The number of carbonyl (C=O) groups excluding carboxylic acids is 1. The average Bonchev–Trinajstić information content (AvgIpc) is 2.82. The predicted octanol–water partition coefficient (Wildman–Crippen LogP) is 3.36. The lowest BCUT2D eigenvalue weighted by Crippen LogP contribution is -2.35. The van der Waals surface area contributed by atoms with Crippen molar-refractivity contribution in [1.29, 1.82) is 0 Å². The Balaban J connectivity index is 1.98. The fourth-order valence-electron chi connectivity index (χ4n) is 3.64. The maximum Gasteiger partial charge on any atom is 0.289 e. The second-order valence-corrected chi connectivity index (χ2v) is 7.27. The van der Waals surface area contributed by atoms with E-state index in [0.717, 1.165) is 49.2 Å². The molecule has 1 saturated heterocycles. The molecule has 1 fully saturated rings. The van der Waals surface area contributed by atoms with Gasteiger partial charge in [-0.25, -0.2) is 0 Å². The van der Waals surface area contributed by atoms with Gasteiger partial charge in [0.2, 0.25) is 0 Å². The second kappa shape index (κ2) is 5.45. The van der Waals surface area contributed by atoms with Gasteiger partial charge in [-0.1, -0.05) is 19.0 Å². The predicted molar refractivity (Wildman–Crippen MR) is 83.6 cm³/mol. The summed E-state index contributed by atoms with van der Waals surface area (Å²) in [6, 6.07) is 0. The van der Waals surface area contributed by atoms with Gasteiger partial charge in [-0.2, -0.15) is 0 Å². The van der Waals surface area contributed by atoms with Crippen LogP contribution in [0.4, 0.5) is 0 Å². The number of furan rings is 1. The van der Waals surface area contributed by atoms with Gasteiger partial charge in [0, 0.05) is 30.6 Å². The Morgan fingerprint density at radius 3 is 2.55 bits per heavy atom. The molecule has 0 bridgehead atoms. The third kappa shape index (κ3) is 2.53. The van der Waals surface area contributed by atoms with E-state index in [4.69, 9.17) is 4.42 Å². The maximum absolute atomic E-state index is 12.7. The van der Waals surface area contributed by atoms with Crippen molar-refractivity contribution in [3.8, 4) is 0 Å². The third-order valence-electron chi connectivity index (χ3n) is 4.75. The first-order valence-electron chi connectivity index (χ1n) is 8.06. The van der Waals surface area contributed by atoms with Crippen LogP contribution in [0.15, 0.2) is 9.57 Å². The number of hydrogen-bond donors (Lipinski definition) is 1. The van der Waals surface area contributed by atoms with E-state index < -0.39 is 0 Å². The SMILES string of the molecule is Cc1c(C(=O)N2CCCCC2)oc2c1/C(=N\O)CC(C)(C)C2. The Labute approximate surface area is 131 Å². The van der Waals surface area contributed by atoms with E-state index >= 15 is 0 Å². The van der Waals surface area contributed by atoms with E-state index in [2.05, 4.69) is 19.0 Å². The summed E-state index contributed by atoms with van der Waals surface area (Å²) in [4.78, 5) is 14.6. The van der Waals surface area contributed by atoms with Crippen LogP contribution >= 0.6 is 0 Å². The summed E-state index contributed by atoms with van der Waals surface area (Å²) in [5.41, 5.74) is 2.26. The molecule has 1 aromatic rings. The highest BCUT2D eigenvalue weighted by Gasteiger charge is 2.37. The highest BCUT2D eigenvalue weighted by atomic mass is 16.4. The van der Waals surface area contributed by atoms with Crippen molar-refractivity contribution in [2.75, 3.05) is 13.1 Å². The summed E-state index contributed by atoms with van der Waals surface area (Å²) < 4.78 is 5.94. The lowest BCUT2D eigenvalue weighted by molar-refractivity contribution is 0.0688. The van der Waals surface area contributed by atoms with Gasteiger partial charge in [-0.15, -0.1) is 0 Å². The van der Waals surface area contributed by atoms with Crippen LogP contribution in [0.2, 0.25) is 0 Å². The van der Waals surface area contributed by atoms with Crippen LogP contribution in [0.5, 0.6) is 0 Å². The zero-order valence-corrected chi connectivity index (χ0v) is 13.6. The number of carbonyl (C=O) groups is 1. The summed E-state index contributed by atoms with van der Waals surface area (Å²) in [5.74, 6) is 1.18. The number of rotatable bonds is 1. The van der Waals surface area contributed by atoms with E-state index in [9.17, 15) is 10.0 Å². The Morgan fingerprint density at radius 1 is 1.23 bits per heavy atom. The molecule has 2 heterocycles. The molecular formula is C17H24N2O3. The normalized spacial score (nSPS) is 22.7. The first-order valence-corrected chi connectivity index (χ1v) is 8.06. The molecule has 3 rings (SSSR count). The number of hydrogen-bond acceptors (Lipinski definition) is 4.